The number of fused-ring (bicyclic) bond motifs is 1. The second-order valence-corrected chi connectivity index (χ2v) is 6.27. The smallest absolute Gasteiger partial charge is 0.340 e. The van der Waals surface area contributed by atoms with Crippen molar-refractivity contribution in [2.45, 2.75) is 6.92 Å². The highest BCUT2D eigenvalue weighted by Gasteiger charge is 2.16. The van der Waals surface area contributed by atoms with Gasteiger partial charge in [-0.05, 0) is 31.2 Å². The number of ether oxygens (including phenoxy) is 2. The maximum atomic E-state index is 12.2. The zero-order valence-corrected chi connectivity index (χ0v) is 16.2. The monoisotopic (exact) mass is 401 g/mol. The number of nitrogens with zero attached hydrogens (tertiary/aromatic N) is 3. The minimum atomic E-state index is -0.438. The van der Waals surface area contributed by atoms with Crippen LogP contribution in [0.2, 0.25) is 0 Å². The van der Waals surface area contributed by atoms with Gasteiger partial charge < -0.3 is 20.5 Å². The van der Waals surface area contributed by atoms with E-state index in [0.717, 1.165) is 5.39 Å². The predicted molar refractivity (Wildman–Crippen MR) is 114 cm³/mol. The van der Waals surface area contributed by atoms with Crippen molar-refractivity contribution in [3.8, 4) is 11.6 Å². The number of nitrogens with one attached hydrogen (secondary N) is 1. The van der Waals surface area contributed by atoms with E-state index >= 15 is 0 Å². The van der Waals surface area contributed by atoms with E-state index in [1.165, 1.54) is 6.33 Å². The molecule has 30 heavy (non-hydrogen) atoms. The van der Waals surface area contributed by atoms with E-state index in [2.05, 4.69) is 20.3 Å². The summed E-state index contributed by atoms with van der Waals surface area (Å²) in [5.74, 6) is 0.576. The summed E-state index contributed by atoms with van der Waals surface area (Å²) in [6.07, 6.45) is 3.03. The molecule has 0 saturated heterocycles. The lowest BCUT2D eigenvalue weighted by Crippen LogP contribution is -2.09. The van der Waals surface area contributed by atoms with Gasteiger partial charge in [0.05, 0.1) is 17.9 Å². The molecule has 8 nitrogen and oxygen atoms in total. The van der Waals surface area contributed by atoms with Crippen LogP contribution in [-0.2, 0) is 4.74 Å². The van der Waals surface area contributed by atoms with Crippen LogP contribution in [0.1, 0.15) is 17.3 Å². The number of nitrogen functional groups attached to an aromatic ring is 1. The van der Waals surface area contributed by atoms with Crippen molar-refractivity contribution in [1.82, 2.24) is 15.0 Å². The Morgan fingerprint density at radius 1 is 1.03 bits per heavy atom. The lowest BCUT2D eigenvalue weighted by Gasteiger charge is -2.14. The first-order chi connectivity index (χ1) is 14.7. The molecule has 4 aromatic rings. The number of carbonyl (C=O) groups excluding carboxylic acids is 1. The molecule has 0 spiro atoms. The Hall–Kier alpha value is -4.20. The van der Waals surface area contributed by atoms with Crippen molar-refractivity contribution >= 4 is 34.1 Å². The molecule has 2 aromatic heterocycles. The maximum absolute atomic E-state index is 12.2. The van der Waals surface area contributed by atoms with Gasteiger partial charge in [0.2, 0.25) is 5.88 Å². The number of benzene rings is 2. The predicted octanol–water partition coefficient (Wildman–Crippen LogP) is 4.32. The van der Waals surface area contributed by atoms with E-state index in [9.17, 15) is 4.79 Å². The van der Waals surface area contributed by atoms with Crippen LogP contribution in [0, 0.1) is 0 Å². The molecule has 0 aliphatic carbocycles. The molecule has 0 radical (unpaired) electrons. The van der Waals surface area contributed by atoms with Crippen LogP contribution in [-0.4, -0.2) is 27.5 Å². The average Bonchev–Trinajstić information content (AvgIpc) is 2.77. The second-order valence-electron chi connectivity index (χ2n) is 6.27. The van der Waals surface area contributed by atoms with Crippen LogP contribution in [0.4, 0.5) is 17.2 Å². The molecular formula is C22H19N5O3. The summed E-state index contributed by atoms with van der Waals surface area (Å²) >= 11 is 0. The Kier molecular flexibility index (Phi) is 5.38. The molecule has 0 saturated carbocycles. The summed E-state index contributed by atoms with van der Waals surface area (Å²) in [6.45, 7) is 2.03. The molecule has 0 aliphatic rings. The maximum Gasteiger partial charge on any atom is 0.340 e. The number of esters is 1. The van der Waals surface area contributed by atoms with E-state index in [4.69, 9.17) is 15.2 Å². The van der Waals surface area contributed by atoms with Gasteiger partial charge in [-0.15, -0.1) is 0 Å². The molecule has 0 fully saturated rings. The molecule has 4 rings (SSSR count). The highest BCUT2D eigenvalue weighted by Crippen LogP contribution is 2.34. The second kappa shape index (κ2) is 8.44. The van der Waals surface area contributed by atoms with Crippen LogP contribution in [0.25, 0.3) is 10.9 Å². The van der Waals surface area contributed by atoms with E-state index in [0.29, 0.717) is 28.3 Å². The van der Waals surface area contributed by atoms with Gasteiger partial charge in [-0.2, -0.15) is 4.98 Å². The van der Waals surface area contributed by atoms with Gasteiger partial charge >= 0.3 is 5.97 Å². The number of rotatable bonds is 6. The van der Waals surface area contributed by atoms with Gasteiger partial charge in [0.1, 0.15) is 17.5 Å². The molecular weight excluding hydrogens is 382 g/mol. The first kappa shape index (κ1) is 19.1. The topological polar surface area (TPSA) is 112 Å². The number of para-hydroxylation sites is 2. The Bertz CT molecular complexity index is 1210. The van der Waals surface area contributed by atoms with Crippen molar-refractivity contribution in [2.24, 2.45) is 0 Å². The minimum Gasteiger partial charge on any atom is -0.462 e. The van der Waals surface area contributed by atoms with Gasteiger partial charge in [0.15, 0.2) is 11.6 Å². The summed E-state index contributed by atoms with van der Waals surface area (Å²) in [6, 6.07) is 16.3. The molecule has 0 unspecified atom stereocenters. The SMILES string of the molecule is CCOC(=O)c1ccccc1Nc1ncnc(Oc2cccc3cccnc23)c1N. The largest absolute Gasteiger partial charge is 0.462 e. The van der Waals surface area contributed by atoms with Crippen molar-refractivity contribution in [2.75, 3.05) is 17.7 Å². The lowest BCUT2D eigenvalue weighted by atomic mass is 10.2. The molecule has 150 valence electrons. The van der Waals surface area contributed by atoms with Crippen LogP contribution >= 0.6 is 0 Å². The van der Waals surface area contributed by atoms with Crippen LogP contribution in [0.5, 0.6) is 11.6 Å². The Balaban J connectivity index is 1.66. The van der Waals surface area contributed by atoms with E-state index in [1.807, 2.05) is 24.3 Å². The first-order valence-electron chi connectivity index (χ1n) is 9.32. The average molecular weight is 401 g/mol. The zero-order valence-electron chi connectivity index (χ0n) is 16.2. The van der Waals surface area contributed by atoms with E-state index in [1.54, 1.807) is 43.5 Å². The van der Waals surface area contributed by atoms with Crippen LogP contribution < -0.4 is 15.8 Å². The van der Waals surface area contributed by atoms with Crippen molar-refractivity contribution in [3.63, 3.8) is 0 Å². The number of hydrogen-bond acceptors (Lipinski definition) is 8. The molecule has 3 N–H and O–H groups in total. The fourth-order valence-corrected chi connectivity index (χ4v) is 2.93. The number of nitrogens with two attached hydrogens (primary N) is 1. The van der Waals surface area contributed by atoms with Crippen molar-refractivity contribution < 1.29 is 14.3 Å². The van der Waals surface area contributed by atoms with Crippen molar-refractivity contribution in [3.05, 3.63) is 72.7 Å². The molecule has 2 heterocycles. The Labute approximate surface area is 172 Å². The summed E-state index contributed by atoms with van der Waals surface area (Å²) in [5.41, 5.74) is 8.04. The third-order valence-electron chi connectivity index (χ3n) is 4.33. The summed E-state index contributed by atoms with van der Waals surface area (Å²) in [5, 5.41) is 4.01. The number of anilines is 3. The van der Waals surface area contributed by atoms with Crippen molar-refractivity contribution in [1.29, 1.82) is 0 Å². The Morgan fingerprint density at radius 2 is 1.87 bits per heavy atom. The molecule has 0 amide bonds. The summed E-state index contributed by atoms with van der Waals surface area (Å²) in [7, 11) is 0. The van der Waals surface area contributed by atoms with Gasteiger partial charge in [0, 0.05) is 11.6 Å². The van der Waals surface area contributed by atoms with E-state index < -0.39 is 5.97 Å². The Morgan fingerprint density at radius 3 is 2.73 bits per heavy atom. The third kappa shape index (κ3) is 3.83. The molecule has 0 aliphatic heterocycles. The normalized spacial score (nSPS) is 10.6. The third-order valence-corrected chi connectivity index (χ3v) is 4.33. The van der Waals surface area contributed by atoms with Gasteiger partial charge in [0.25, 0.3) is 0 Å². The highest BCUT2D eigenvalue weighted by molar-refractivity contribution is 5.97. The zero-order chi connectivity index (χ0) is 20.9. The standard InChI is InChI=1S/C22H19N5O3/c1-2-29-22(28)15-9-3-4-10-16(15)27-20-18(23)21(26-13-25-20)30-17-11-5-7-14-8-6-12-24-19(14)17/h3-13H,2,23H2,1H3,(H,25,26,27). The molecule has 2 aromatic carbocycles. The summed E-state index contributed by atoms with van der Waals surface area (Å²) in [4.78, 5) is 24.9. The lowest BCUT2D eigenvalue weighted by molar-refractivity contribution is 0.0527. The number of pyridine rings is 1. The van der Waals surface area contributed by atoms with Gasteiger partial charge in [-0.1, -0.05) is 30.3 Å². The number of hydrogen-bond donors (Lipinski definition) is 2. The molecule has 0 atom stereocenters. The number of carbonyl (C=O) groups is 1. The molecule has 8 heteroatoms. The van der Waals surface area contributed by atoms with Gasteiger partial charge in [-0.25, -0.2) is 9.78 Å². The van der Waals surface area contributed by atoms with Crippen LogP contribution in [0.3, 0.4) is 0 Å². The minimum absolute atomic E-state index is 0.180. The van der Waals surface area contributed by atoms with E-state index in [-0.39, 0.29) is 18.2 Å². The molecule has 0 bridgehead atoms. The van der Waals surface area contributed by atoms with Gasteiger partial charge in [-0.3, -0.25) is 4.98 Å². The fourth-order valence-electron chi connectivity index (χ4n) is 2.93. The number of aromatic nitrogens is 3. The van der Waals surface area contributed by atoms with Crippen LogP contribution in [0.15, 0.2) is 67.1 Å². The highest BCUT2D eigenvalue weighted by atomic mass is 16.5. The first-order valence-corrected chi connectivity index (χ1v) is 9.32. The quantitative estimate of drug-likeness (QED) is 0.459. The summed E-state index contributed by atoms with van der Waals surface area (Å²) < 4.78 is 11.1. The fraction of sp³-hybridized carbons (Fsp3) is 0.0909.